The Morgan fingerprint density at radius 1 is 1.05 bits per heavy atom. The number of nitrogens with one attached hydrogen (secondary N) is 2. The molecular formula is C12H13N5O2. The van der Waals surface area contributed by atoms with Crippen molar-refractivity contribution in [1.82, 2.24) is 9.97 Å². The minimum Gasteiger partial charge on any atom is -0.298 e. The van der Waals surface area contributed by atoms with E-state index in [0.29, 0.717) is 11.6 Å². The Labute approximate surface area is 109 Å². The van der Waals surface area contributed by atoms with Gasteiger partial charge in [-0.2, -0.15) is 0 Å². The summed E-state index contributed by atoms with van der Waals surface area (Å²) >= 11 is 0. The number of aromatic nitrogens is 2. The van der Waals surface area contributed by atoms with Gasteiger partial charge >= 0.3 is 0 Å². The minimum absolute atomic E-state index is 0.0493. The number of hydrazine groups is 1. The number of nitro benzene ring substituents is 1. The second-order valence-corrected chi connectivity index (χ2v) is 4.03. The first-order valence-electron chi connectivity index (χ1n) is 5.63. The number of benzene rings is 1. The zero-order valence-corrected chi connectivity index (χ0v) is 10.5. The first-order chi connectivity index (χ1) is 9.04. The summed E-state index contributed by atoms with van der Waals surface area (Å²) in [4.78, 5) is 18.5. The molecule has 0 spiro atoms. The summed E-state index contributed by atoms with van der Waals surface area (Å²) in [5.74, 6) is 0.454. The van der Waals surface area contributed by atoms with Crippen molar-refractivity contribution in [1.29, 1.82) is 0 Å². The zero-order valence-electron chi connectivity index (χ0n) is 10.5. The Kier molecular flexibility index (Phi) is 3.56. The number of nitro groups is 1. The molecule has 7 heteroatoms. The summed E-state index contributed by atoms with van der Waals surface area (Å²) in [6, 6.07) is 7.93. The predicted octanol–water partition coefficient (Wildman–Crippen LogP) is 2.44. The lowest BCUT2D eigenvalue weighted by molar-refractivity contribution is -0.384. The van der Waals surface area contributed by atoms with Gasteiger partial charge in [-0.05, 0) is 32.0 Å². The van der Waals surface area contributed by atoms with Crippen LogP contribution in [0.3, 0.4) is 0 Å². The summed E-state index contributed by atoms with van der Waals surface area (Å²) < 4.78 is 0. The number of hydrogen-bond acceptors (Lipinski definition) is 6. The minimum atomic E-state index is -0.440. The summed E-state index contributed by atoms with van der Waals surface area (Å²) in [6.45, 7) is 3.76. The third-order valence-electron chi connectivity index (χ3n) is 2.38. The molecule has 1 aromatic heterocycles. The van der Waals surface area contributed by atoms with Crippen molar-refractivity contribution in [2.45, 2.75) is 13.8 Å². The normalized spacial score (nSPS) is 10.0. The van der Waals surface area contributed by atoms with Crippen LogP contribution in [-0.4, -0.2) is 14.9 Å². The zero-order chi connectivity index (χ0) is 13.8. The number of hydrogen-bond donors (Lipinski definition) is 2. The monoisotopic (exact) mass is 259 g/mol. The highest BCUT2D eigenvalue weighted by Crippen LogP contribution is 2.15. The van der Waals surface area contributed by atoms with Crippen LogP contribution in [0.5, 0.6) is 0 Å². The van der Waals surface area contributed by atoms with E-state index in [9.17, 15) is 10.1 Å². The molecule has 0 aliphatic rings. The van der Waals surface area contributed by atoms with Gasteiger partial charge in [-0.3, -0.25) is 21.0 Å². The van der Waals surface area contributed by atoms with Crippen molar-refractivity contribution in [3.05, 3.63) is 51.8 Å². The quantitative estimate of drug-likeness (QED) is 0.647. The van der Waals surface area contributed by atoms with E-state index in [1.54, 1.807) is 12.1 Å². The smallest absolute Gasteiger partial charge is 0.269 e. The van der Waals surface area contributed by atoms with Gasteiger partial charge in [0.05, 0.1) is 10.6 Å². The highest BCUT2D eigenvalue weighted by Gasteiger charge is 2.04. The molecule has 19 heavy (non-hydrogen) atoms. The molecule has 1 aromatic carbocycles. The van der Waals surface area contributed by atoms with Gasteiger partial charge in [-0.1, -0.05) is 0 Å². The average molecular weight is 259 g/mol. The molecule has 0 saturated heterocycles. The molecule has 98 valence electrons. The number of rotatable bonds is 4. The van der Waals surface area contributed by atoms with Gasteiger partial charge in [0, 0.05) is 23.5 Å². The van der Waals surface area contributed by atoms with Gasteiger partial charge in [0.25, 0.3) is 5.69 Å². The van der Waals surface area contributed by atoms with Crippen LogP contribution in [-0.2, 0) is 0 Å². The maximum absolute atomic E-state index is 10.5. The molecule has 0 aliphatic carbocycles. The van der Waals surface area contributed by atoms with Crippen molar-refractivity contribution in [2.75, 3.05) is 10.9 Å². The Morgan fingerprint density at radius 2 is 1.63 bits per heavy atom. The van der Waals surface area contributed by atoms with E-state index in [1.807, 2.05) is 19.9 Å². The molecule has 0 radical (unpaired) electrons. The first kappa shape index (κ1) is 12.7. The predicted molar refractivity (Wildman–Crippen MR) is 71.8 cm³/mol. The third kappa shape index (κ3) is 3.38. The van der Waals surface area contributed by atoms with Crippen LogP contribution in [0.2, 0.25) is 0 Å². The van der Waals surface area contributed by atoms with Gasteiger partial charge in [-0.25, -0.2) is 9.97 Å². The molecule has 7 nitrogen and oxygen atoms in total. The van der Waals surface area contributed by atoms with Gasteiger partial charge in [0.1, 0.15) is 0 Å². The topological polar surface area (TPSA) is 93.0 Å². The van der Waals surface area contributed by atoms with Gasteiger partial charge in [0.2, 0.25) is 5.95 Å². The van der Waals surface area contributed by atoms with Crippen LogP contribution in [0, 0.1) is 24.0 Å². The second kappa shape index (κ2) is 5.30. The van der Waals surface area contributed by atoms with Crippen LogP contribution in [0.1, 0.15) is 11.4 Å². The molecular weight excluding hydrogens is 246 g/mol. The summed E-state index contributed by atoms with van der Waals surface area (Å²) in [7, 11) is 0. The molecule has 1 heterocycles. The number of anilines is 2. The van der Waals surface area contributed by atoms with Crippen molar-refractivity contribution >= 4 is 17.3 Å². The Morgan fingerprint density at radius 3 is 2.16 bits per heavy atom. The number of nitrogens with zero attached hydrogens (tertiary/aromatic N) is 3. The van der Waals surface area contributed by atoms with Crippen LogP contribution < -0.4 is 10.9 Å². The first-order valence-corrected chi connectivity index (χ1v) is 5.63. The lowest BCUT2D eigenvalue weighted by atomic mass is 10.3. The highest BCUT2D eigenvalue weighted by atomic mass is 16.6. The molecule has 0 atom stereocenters. The van der Waals surface area contributed by atoms with Crippen molar-refractivity contribution < 1.29 is 4.92 Å². The Hall–Kier alpha value is -2.70. The lowest BCUT2D eigenvalue weighted by Gasteiger charge is -2.09. The Bertz CT molecular complexity index is 577. The Balaban J connectivity index is 2.03. The van der Waals surface area contributed by atoms with Gasteiger partial charge in [0.15, 0.2) is 0 Å². The summed E-state index contributed by atoms with van der Waals surface area (Å²) in [6.07, 6.45) is 0. The summed E-state index contributed by atoms with van der Waals surface area (Å²) in [5.41, 5.74) is 8.19. The van der Waals surface area contributed by atoms with E-state index >= 15 is 0 Å². The second-order valence-electron chi connectivity index (χ2n) is 4.03. The fourth-order valence-corrected chi connectivity index (χ4v) is 1.58. The third-order valence-corrected chi connectivity index (χ3v) is 2.38. The van der Waals surface area contributed by atoms with E-state index in [1.165, 1.54) is 12.1 Å². The number of aryl methyl sites for hydroxylation is 2. The molecule has 0 fully saturated rings. The molecule has 0 amide bonds. The van der Waals surface area contributed by atoms with E-state index in [2.05, 4.69) is 20.8 Å². The van der Waals surface area contributed by atoms with Crippen LogP contribution >= 0.6 is 0 Å². The molecule has 0 saturated carbocycles. The molecule has 0 unspecified atom stereocenters. The molecule has 0 bridgehead atoms. The SMILES string of the molecule is Cc1cc(C)nc(NNc2ccc([N+](=O)[O-])cc2)n1. The fraction of sp³-hybridized carbons (Fsp3) is 0.167. The maximum atomic E-state index is 10.5. The average Bonchev–Trinajstić information content (AvgIpc) is 2.36. The van der Waals surface area contributed by atoms with Gasteiger partial charge < -0.3 is 0 Å². The van der Waals surface area contributed by atoms with E-state index in [0.717, 1.165) is 11.4 Å². The number of non-ortho nitro benzene ring substituents is 1. The maximum Gasteiger partial charge on any atom is 0.269 e. The van der Waals surface area contributed by atoms with E-state index in [4.69, 9.17) is 0 Å². The van der Waals surface area contributed by atoms with Crippen LogP contribution in [0.4, 0.5) is 17.3 Å². The lowest BCUT2D eigenvalue weighted by Crippen LogP contribution is -2.12. The van der Waals surface area contributed by atoms with Crippen molar-refractivity contribution in [3.63, 3.8) is 0 Å². The van der Waals surface area contributed by atoms with Gasteiger partial charge in [-0.15, -0.1) is 0 Å². The standard InChI is InChI=1S/C12H13N5O2/c1-8-7-9(2)14-12(13-8)16-15-10-3-5-11(6-4-10)17(18)19/h3-7,15H,1-2H3,(H,13,14,16). The summed E-state index contributed by atoms with van der Waals surface area (Å²) in [5, 5.41) is 10.5. The van der Waals surface area contributed by atoms with E-state index < -0.39 is 4.92 Å². The molecule has 0 aliphatic heterocycles. The largest absolute Gasteiger partial charge is 0.298 e. The van der Waals surface area contributed by atoms with Crippen molar-refractivity contribution in [3.8, 4) is 0 Å². The van der Waals surface area contributed by atoms with Crippen LogP contribution in [0.15, 0.2) is 30.3 Å². The molecule has 2 aromatic rings. The fourth-order valence-electron chi connectivity index (χ4n) is 1.58. The molecule has 2 rings (SSSR count). The molecule has 2 N–H and O–H groups in total. The van der Waals surface area contributed by atoms with E-state index in [-0.39, 0.29) is 5.69 Å². The van der Waals surface area contributed by atoms with Crippen molar-refractivity contribution in [2.24, 2.45) is 0 Å². The highest BCUT2D eigenvalue weighted by molar-refractivity contribution is 5.51. The van der Waals surface area contributed by atoms with Crippen LogP contribution in [0.25, 0.3) is 0 Å².